The molecule has 118 valence electrons. The number of hydrogen-bond acceptors (Lipinski definition) is 4. The van der Waals surface area contributed by atoms with Crippen LogP contribution in [0, 0.1) is 0 Å². The van der Waals surface area contributed by atoms with Gasteiger partial charge in [0.1, 0.15) is 5.82 Å². The van der Waals surface area contributed by atoms with Gasteiger partial charge in [0.05, 0.1) is 23.5 Å². The highest BCUT2D eigenvalue weighted by atomic mass is 35.5. The average Bonchev–Trinajstić information content (AvgIpc) is 2.67. The van der Waals surface area contributed by atoms with Crippen LogP contribution in [0.4, 0.5) is 5.69 Å². The Kier molecular flexibility index (Phi) is 5.82. The van der Waals surface area contributed by atoms with Crippen molar-refractivity contribution in [3.05, 3.63) is 17.7 Å². The van der Waals surface area contributed by atoms with Crippen molar-refractivity contribution in [2.45, 2.75) is 51.5 Å². The summed E-state index contributed by atoms with van der Waals surface area (Å²) in [6, 6.07) is 0.507. The molecule has 1 aromatic rings. The summed E-state index contributed by atoms with van der Waals surface area (Å²) in [7, 11) is 2.20. The maximum absolute atomic E-state index is 6.16. The molecule has 0 bridgehead atoms. The molecule has 0 aromatic carbocycles. The van der Waals surface area contributed by atoms with E-state index in [1.165, 1.54) is 6.42 Å². The fourth-order valence-corrected chi connectivity index (χ4v) is 3.15. The van der Waals surface area contributed by atoms with E-state index in [9.17, 15) is 0 Å². The number of aromatic nitrogens is 2. The first-order chi connectivity index (χ1) is 10.1. The molecule has 21 heavy (non-hydrogen) atoms. The summed E-state index contributed by atoms with van der Waals surface area (Å²) in [5, 5.41) is 0. The predicted molar refractivity (Wildman–Crippen MR) is 89.2 cm³/mol. The molecule has 0 spiro atoms. The smallest absolute Gasteiger partial charge is 0.131 e. The maximum Gasteiger partial charge on any atom is 0.131 e. The summed E-state index contributed by atoms with van der Waals surface area (Å²) in [5.41, 5.74) is 2.09. The van der Waals surface area contributed by atoms with Gasteiger partial charge in [-0.15, -0.1) is 11.6 Å². The SMILES string of the molecule is CCC1CN(C)CCCN1c1cnc(C(C)C)nc1CCl. The zero-order chi connectivity index (χ0) is 15.4. The highest BCUT2D eigenvalue weighted by Gasteiger charge is 2.25. The van der Waals surface area contributed by atoms with Gasteiger partial charge in [-0.1, -0.05) is 20.8 Å². The molecule has 2 heterocycles. The van der Waals surface area contributed by atoms with Gasteiger partial charge >= 0.3 is 0 Å². The van der Waals surface area contributed by atoms with Crippen molar-refractivity contribution in [1.82, 2.24) is 14.9 Å². The van der Waals surface area contributed by atoms with Gasteiger partial charge in [-0.05, 0) is 26.4 Å². The number of nitrogens with zero attached hydrogens (tertiary/aromatic N) is 4. The van der Waals surface area contributed by atoms with Crippen molar-refractivity contribution < 1.29 is 0 Å². The molecule has 1 saturated heterocycles. The van der Waals surface area contributed by atoms with Crippen LogP contribution in [0.2, 0.25) is 0 Å². The Morgan fingerprint density at radius 1 is 1.38 bits per heavy atom. The lowest BCUT2D eigenvalue weighted by atomic mass is 10.1. The summed E-state index contributed by atoms with van der Waals surface area (Å²) < 4.78 is 0. The van der Waals surface area contributed by atoms with Gasteiger partial charge in [-0.25, -0.2) is 9.97 Å². The van der Waals surface area contributed by atoms with E-state index in [1.54, 1.807) is 0 Å². The van der Waals surface area contributed by atoms with E-state index in [1.807, 2.05) is 6.20 Å². The van der Waals surface area contributed by atoms with Gasteiger partial charge in [-0.3, -0.25) is 0 Å². The van der Waals surface area contributed by atoms with Crippen molar-refractivity contribution in [3.63, 3.8) is 0 Å². The van der Waals surface area contributed by atoms with Crippen molar-refractivity contribution in [1.29, 1.82) is 0 Å². The third kappa shape index (κ3) is 3.86. The molecule has 1 fully saturated rings. The highest BCUT2D eigenvalue weighted by molar-refractivity contribution is 6.17. The lowest BCUT2D eigenvalue weighted by Gasteiger charge is -2.33. The lowest BCUT2D eigenvalue weighted by molar-refractivity contribution is 0.328. The fraction of sp³-hybridized carbons (Fsp3) is 0.750. The number of halogens is 1. The molecule has 1 aromatic heterocycles. The van der Waals surface area contributed by atoms with Gasteiger partial charge in [-0.2, -0.15) is 0 Å². The van der Waals surface area contributed by atoms with Crippen LogP contribution in [0.25, 0.3) is 0 Å². The van der Waals surface area contributed by atoms with Crippen LogP contribution in [0.3, 0.4) is 0 Å². The van der Waals surface area contributed by atoms with Crippen LogP contribution in [0.15, 0.2) is 6.20 Å². The minimum atomic E-state index is 0.332. The number of anilines is 1. The van der Waals surface area contributed by atoms with Crippen LogP contribution in [-0.4, -0.2) is 47.6 Å². The minimum Gasteiger partial charge on any atom is -0.364 e. The molecule has 5 heteroatoms. The number of alkyl halides is 1. The first kappa shape index (κ1) is 16.5. The van der Waals surface area contributed by atoms with E-state index in [-0.39, 0.29) is 0 Å². The van der Waals surface area contributed by atoms with E-state index in [2.05, 4.69) is 47.6 Å². The molecule has 4 nitrogen and oxygen atoms in total. The van der Waals surface area contributed by atoms with Crippen LogP contribution < -0.4 is 4.90 Å². The first-order valence-electron chi connectivity index (χ1n) is 7.93. The van der Waals surface area contributed by atoms with Crippen LogP contribution >= 0.6 is 11.6 Å². The second-order valence-electron chi connectivity index (χ2n) is 6.22. The fourth-order valence-electron chi connectivity index (χ4n) is 2.95. The van der Waals surface area contributed by atoms with Gasteiger partial charge in [0.25, 0.3) is 0 Å². The van der Waals surface area contributed by atoms with Crippen molar-refractivity contribution >= 4 is 17.3 Å². The molecule has 0 amide bonds. The third-order valence-electron chi connectivity index (χ3n) is 4.19. The molecule has 2 rings (SSSR count). The van der Waals surface area contributed by atoms with Crippen LogP contribution in [0.1, 0.15) is 51.0 Å². The first-order valence-corrected chi connectivity index (χ1v) is 8.47. The van der Waals surface area contributed by atoms with Crippen molar-refractivity contribution in [3.8, 4) is 0 Å². The molecule has 1 unspecified atom stereocenters. The minimum absolute atomic E-state index is 0.332. The van der Waals surface area contributed by atoms with E-state index in [0.717, 1.165) is 43.3 Å². The Balaban J connectivity index is 2.34. The second kappa shape index (κ2) is 7.41. The molecule has 1 aliphatic heterocycles. The quantitative estimate of drug-likeness (QED) is 0.799. The molecule has 1 aliphatic rings. The van der Waals surface area contributed by atoms with Crippen molar-refractivity contribution in [2.75, 3.05) is 31.6 Å². The second-order valence-corrected chi connectivity index (χ2v) is 6.49. The van der Waals surface area contributed by atoms with Gasteiger partial charge in [0, 0.05) is 25.0 Å². The Bertz CT molecular complexity index is 464. The van der Waals surface area contributed by atoms with Gasteiger partial charge < -0.3 is 9.80 Å². The van der Waals surface area contributed by atoms with E-state index in [0.29, 0.717) is 17.8 Å². The van der Waals surface area contributed by atoms with Gasteiger partial charge in [0.2, 0.25) is 0 Å². The normalized spacial score (nSPS) is 20.9. The van der Waals surface area contributed by atoms with Crippen LogP contribution in [-0.2, 0) is 5.88 Å². The molecular weight excluding hydrogens is 284 g/mol. The highest BCUT2D eigenvalue weighted by Crippen LogP contribution is 2.26. The van der Waals surface area contributed by atoms with Gasteiger partial charge in [0.15, 0.2) is 0 Å². The molecule has 1 atom stereocenters. The number of rotatable bonds is 4. The third-order valence-corrected chi connectivity index (χ3v) is 4.44. The summed E-state index contributed by atoms with van der Waals surface area (Å²) in [5.74, 6) is 1.66. The molecule has 0 radical (unpaired) electrons. The lowest BCUT2D eigenvalue weighted by Crippen LogP contribution is -2.40. The number of hydrogen-bond donors (Lipinski definition) is 0. The Labute approximate surface area is 133 Å². The van der Waals surface area contributed by atoms with E-state index in [4.69, 9.17) is 11.6 Å². The molecule has 0 N–H and O–H groups in total. The summed E-state index contributed by atoms with van der Waals surface area (Å²) >= 11 is 6.16. The topological polar surface area (TPSA) is 32.3 Å². The summed E-state index contributed by atoms with van der Waals surface area (Å²) in [6.45, 7) is 9.77. The molecule has 0 saturated carbocycles. The van der Waals surface area contributed by atoms with Crippen molar-refractivity contribution in [2.24, 2.45) is 0 Å². The number of likely N-dealkylation sites (N-methyl/N-ethyl adjacent to an activating group) is 1. The molecule has 0 aliphatic carbocycles. The maximum atomic E-state index is 6.16. The Morgan fingerprint density at radius 3 is 2.76 bits per heavy atom. The summed E-state index contributed by atoms with van der Waals surface area (Å²) in [4.78, 5) is 14.1. The van der Waals surface area contributed by atoms with E-state index < -0.39 is 0 Å². The predicted octanol–water partition coefficient (Wildman–Crippen LogP) is 3.26. The summed E-state index contributed by atoms with van der Waals surface area (Å²) in [6.07, 6.45) is 4.27. The zero-order valence-corrected chi connectivity index (χ0v) is 14.4. The largest absolute Gasteiger partial charge is 0.364 e. The van der Waals surface area contributed by atoms with Crippen LogP contribution in [0.5, 0.6) is 0 Å². The molecular formula is C16H27ClN4. The Morgan fingerprint density at radius 2 is 2.14 bits per heavy atom. The monoisotopic (exact) mass is 310 g/mol. The standard InChI is InChI=1S/C16H27ClN4/c1-5-13-11-20(4)7-6-8-21(13)15-10-18-16(12(2)3)19-14(15)9-17/h10,12-13H,5-9,11H2,1-4H3. The zero-order valence-electron chi connectivity index (χ0n) is 13.6. The average molecular weight is 311 g/mol. The van der Waals surface area contributed by atoms with E-state index >= 15 is 0 Å². The Hall–Kier alpha value is -0.870.